The number of allylic oxidation sites excluding steroid dienone is 1. The highest BCUT2D eigenvalue weighted by Gasteiger charge is 2.46. The van der Waals surface area contributed by atoms with Gasteiger partial charge < -0.3 is 14.7 Å². The Morgan fingerprint density at radius 3 is 2.63 bits per heavy atom. The molecule has 2 heterocycles. The van der Waals surface area contributed by atoms with Gasteiger partial charge in [-0.2, -0.15) is 8.42 Å². The minimum Gasteiger partial charge on any atom is -0.487 e. The molecule has 252 valence electrons. The number of fused-ring (bicyclic) bond motifs is 3. The first-order valence-corrected chi connectivity index (χ1v) is 19.5. The first-order chi connectivity index (χ1) is 21.6. The van der Waals surface area contributed by atoms with Crippen LogP contribution >= 0.6 is 11.6 Å². The number of hydrogen-bond acceptors (Lipinski definition) is 9. The topological polar surface area (TPSA) is 139 Å². The summed E-state index contributed by atoms with van der Waals surface area (Å²) in [7, 11) is -7.89. The Labute approximate surface area is 277 Å². The van der Waals surface area contributed by atoms with E-state index in [1.165, 1.54) is 6.92 Å². The first-order valence-electron chi connectivity index (χ1n) is 15.7. The highest BCUT2D eigenvalue weighted by atomic mass is 35.5. The molecule has 1 aliphatic carbocycles. The molecule has 2 N–H and O–H groups in total. The van der Waals surface area contributed by atoms with E-state index in [9.17, 15) is 26.7 Å². The van der Waals surface area contributed by atoms with Crippen LogP contribution in [0.25, 0.3) is 0 Å². The molecule has 5 atom stereocenters. The lowest BCUT2D eigenvalue weighted by molar-refractivity contribution is -0.0696. The standard InChI is InChI=1S/C33H43ClN2O8S2/c1-22-7-6-15-33(38,21-44-45(3,39)40)29-13-10-26(29)19-36-16-5-4-8-24-17-28(34)12-9-27(24)20-43-31-14-11-25(18-30(31)36)32(37)35-46(41,42)23(22)2/h6,9,11-12,14-15,17-18,22-23,26,29,38H,4-5,7-8,10,13,16,19-21H2,1-3H3,(H,35,37)/b15-6+/t22-,23+,26-,29+,33+/m0/s1. The van der Waals surface area contributed by atoms with Crippen molar-refractivity contribution in [3.05, 3.63) is 70.3 Å². The molecule has 1 fully saturated rings. The summed E-state index contributed by atoms with van der Waals surface area (Å²) in [6.45, 7) is 4.25. The maximum Gasteiger partial charge on any atom is 0.264 e. The lowest BCUT2D eigenvalue weighted by Gasteiger charge is -2.48. The molecule has 0 spiro atoms. The second-order valence-corrected chi connectivity index (χ2v) is 17.1. The van der Waals surface area contributed by atoms with Crippen molar-refractivity contribution < 1.29 is 35.7 Å². The molecule has 2 aromatic carbocycles. The van der Waals surface area contributed by atoms with Gasteiger partial charge in [0, 0.05) is 23.7 Å². The Hall–Kier alpha value is -2.64. The van der Waals surface area contributed by atoms with Crippen molar-refractivity contribution in [3.8, 4) is 5.75 Å². The van der Waals surface area contributed by atoms with Crippen molar-refractivity contribution in [2.75, 3.05) is 30.9 Å². The summed E-state index contributed by atoms with van der Waals surface area (Å²) in [4.78, 5) is 15.5. The molecule has 0 saturated heterocycles. The number of carbonyl (C=O) groups excluding carboxylic acids is 1. The number of amides is 1. The number of aliphatic hydroxyl groups is 1. The van der Waals surface area contributed by atoms with Crippen LogP contribution in [0.5, 0.6) is 5.75 Å². The van der Waals surface area contributed by atoms with Gasteiger partial charge in [-0.15, -0.1) is 0 Å². The summed E-state index contributed by atoms with van der Waals surface area (Å²) in [5.74, 6) is -0.922. The van der Waals surface area contributed by atoms with Crippen molar-refractivity contribution in [1.29, 1.82) is 0 Å². The van der Waals surface area contributed by atoms with Crippen LogP contribution < -0.4 is 14.4 Å². The second-order valence-electron chi connectivity index (χ2n) is 13.0. The van der Waals surface area contributed by atoms with Gasteiger partial charge in [-0.3, -0.25) is 8.98 Å². The number of halogens is 1. The zero-order chi connectivity index (χ0) is 33.3. The Bertz CT molecular complexity index is 1700. The van der Waals surface area contributed by atoms with Crippen LogP contribution in [0.2, 0.25) is 5.02 Å². The van der Waals surface area contributed by atoms with Crippen molar-refractivity contribution in [2.45, 2.75) is 69.8 Å². The third-order valence-electron chi connectivity index (χ3n) is 9.70. The Morgan fingerprint density at radius 2 is 1.91 bits per heavy atom. The summed E-state index contributed by atoms with van der Waals surface area (Å²) in [6, 6.07) is 10.7. The molecule has 1 amide bonds. The van der Waals surface area contributed by atoms with E-state index >= 15 is 0 Å². The van der Waals surface area contributed by atoms with Gasteiger partial charge in [0.2, 0.25) is 10.0 Å². The molecule has 2 aromatic rings. The van der Waals surface area contributed by atoms with Gasteiger partial charge >= 0.3 is 0 Å². The first kappa shape index (κ1) is 34.7. The van der Waals surface area contributed by atoms with E-state index in [2.05, 4.69) is 9.62 Å². The largest absolute Gasteiger partial charge is 0.487 e. The predicted octanol–water partition coefficient (Wildman–Crippen LogP) is 4.84. The number of hydrogen-bond donors (Lipinski definition) is 2. The van der Waals surface area contributed by atoms with Crippen LogP contribution in [0.4, 0.5) is 5.69 Å². The van der Waals surface area contributed by atoms with E-state index in [0.29, 0.717) is 36.0 Å². The smallest absolute Gasteiger partial charge is 0.264 e. The SMILES string of the molecule is C[C@@H]1[C@@H](C)C/C=C/[C@@](O)(COS(C)(=O)=O)[C@@H]2CC[C@H]2CN2CCCCc3cc(Cl)ccc3COc3ccc(cc32)C(=O)NS1(=O)=O. The summed E-state index contributed by atoms with van der Waals surface area (Å²) >= 11 is 6.31. The minimum atomic E-state index is -4.06. The van der Waals surface area contributed by atoms with E-state index in [1.54, 1.807) is 37.3 Å². The lowest BCUT2D eigenvalue weighted by Crippen LogP contribution is -2.52. The predicted molar refractivity (Wildman–Crippen MR) is 178 cm³/mol. The van der Waals surface area contributed by atoms with E-state index in [1.807, 2.05) is 18.2 Å². The van der Waals surface area contributed by atoms with Crippen LogP contribution in [-0.4, -0.2) is 64.7 Å². The van der Waals surface area contributed by atoms with Gasteiger partial charge in [-0.1, -0.05) is 36.7 Å². The lowest BCUT2D eigenvalue weighted by atomic mass is 9.64. The summed E-state index contributed by atoms with van der Waals surface area (Å²) in [5, 5.41) is 11.7. The number of nitrogens with one attached hydrogen (secondary N) is 1. The van der Waals surface area contributed by atoms with Crippen molar-refractivity contribution >= 4 is 43.3 Å². The van der Waals surface area contributed by atoms with Gasteiger partial charge in [0.1, 0.15) is 18.0 Å². The number of rotatable bonds is 3. The Morgan fingerprint density at radius 1 is 1.13 bits per heavy atom. The zero-order valence-corrected chi connectivity index (χ0v) is 28.8. The van der Waals surface area contributed by atoms with Crippen LogP contribution in [0, 0.1) is 17.8 Å². The molecule has 10 nitrogen and oxygen atoms in total. The van der Waals surface area contributed by atoms with Crippen molar-refractivity contribution in [3.63, 3.8) is 0 Å². The third kappa shape index (κ3) is 8.07. The molecule has 46 heavy (non-hydrogen) atoms. The van der Waals surface area contributed by atoms with Gasteiger partial charge in [0.25, 0.3) is 16.0 Å². The number of carbonyl (C=O) groups is 1. The van der Waals surface area contributed by atoms with Gasteiger partial charge in [0.15, 0.2) is 0 Å². The van der Waals surface area contributed by atoms with Crippen LogP contribution in [0.3, 0.4) is 0 Å². The third-order valence-corrected chi connectivity index (χ3v) is 12.4. The molecule has 2 bridgehead atoms. The van der Waals surface area contributed by atoms with Gasteiger partial charge in [0.05, 0.1) is 23.8 Å². The molecule has 5 rings (SSSR count). The number of benzene rings is 2. The molecule has 0 radical (unpaired) electrons. The number of anilines is 1. The van der Waals surface area contributed by atoms with E-state index in [0.717, 1.165) is 43.1 Å². The molecular formula is C33H43ClN2O8S2. The van der Waals surface area contributed by atoms with Crippen molar-refractivity contribution in [2.24, 2.45) is 17.8 Å². The van der Waals surface area contributed by atoms with Crippen LogP contribution in [0.15, 0.2) is 48.6 Å². The van der Waals surface area contributed by atoms with E-state index in [-0.39, 0.29) is 30.4 Å². The average Bonchev–Trinajstić information content (AvgIpc) is 3.00. The Kier molecular flexibility index (Phi) is 10.4. The Balaban J connectivity index is 1.57. The highest BCUT2D eigenvalue weighted by molar-refractivity contribution is 7.90. The normalized spacial score (nSPS) is 29.5. The zero-order valence-electron chi connectivity index (χ0n) is 26.4. The summed E-state index contributed by atoms with van der Waals surface area (Å²) in [5.41, 5.74) is 1.37. The molecule has 2 aliphatic heterocycles. The fraction of sp³-hybridized carbons (Fsp3) is 0.545. The minimum absolute atomic E-state index is 0.0195. The molecule has 3 aliphatic rings. The fourth-order valence-electron chi connectivity index (χ4n) is 6.55. The molecular weight excluding hydrogens is 652 g/mol. The fourth-order valence-corrected chi connectivity index (χ4v) is 8.44. The maximum absolute atomic E-state index is 13.4. The number of aryl methyl sites for hydroxylation is 1. The van der Waals surface area contributed by atoms with Crippen LogP contribution in [0.1, 0.15) is 67.4 Å². The van der Waals surface area contributed by atoms with Gasteiger partial charge in [-0.25, -0.2) is 13.1 Å². The molecule has 13 heteroatoms. The second kappa shape index (κ2) is 13.8. The molecule has 1 saturated carbocycles. The maximum atomic E-state index is 13.4. The van der Waals surface area contributed by atoms with Crippen molar-refractivity contribution in [1.82, 2.24) is 4.72 Å². The number of nitrogens with zero attached hydrogens (tertiary/aromatic N) is 1. The van der Waals surface area contributed by atoms with Gasteiger partial charge in [-0.05, 0) is 105 Å². The van der Waals surface area contributed by atoms with E-state index in [4.69, 9.17) is 20.5 Å². The summed E-state index contributed by atoms with van der Waals surface area (Å²) < 4.78 is 64.3. The van der Waals surface area contributed by atoms with E-state index < -0.39 is 49.4 Å². The number of ether oxygens (including phenoxy) is 1. The summed E-state index contributed by atoms with van der Waals surface area (Å²) in [6.07, 6.45) is 8.45. The van der Waals surface area contributed by atoms with Crippen LogP contribution in [-0.2, 0) is 37.4 Å². The molecule has 0 aromatic heterocycles. The average molecular weight is 695 g/mol. The quantitative estimate of drug-likeness (QED) is 0.341. The molecule has 0 unspecified atom stereocenters. The number of sulfonamides is 1. The highest BCUT2D eigenvalue weighted by Crippen LogP contribution is 2.45. The monoisotopic (exact) mass is 694 g/mol.